The maximum Gasteiger partial charge on any atom is 0.0520 e. The molecule has 56 valence electrons. The lowest BCUT2D eigenvalue weighted by molar-refractivity contribution is 0.933. The van der Waals surface area contributed by atoms with Gasteiger partial charge >= 0.3 is 0 Å². The summed E-state index contributed by atoms with van der Waals surface area (Å²) in [6.07, 6.45) is 5.18. The topological polar surface area (TPSA) is 60.1 Å². The Hall–Kier alpha value is -0.990. The highest BCUT2D eigenvalue weighted by Gasteiger charge is 1.91. The van der Waals surface area contributed by atoms with E-state index in [1.165, 1.54) is 12.4 Å². The largest absolute Gasteiger partial charge is 0.313 e. The number of aliphatic imine (C=N–C) groups is 1. The third kappa shape index (κ3) is 3.95. The predicted molar refractivity (Wildman–Crippen MR) is 44.8 cm³/mol. The normalized spacial score (nSPS) is 11.1. The average molecular weight is 139 g/mol. The van der Waals surface area contributed by atoms with E-state index < -0.39 is 0 Å². The number of hydrogen-bond acceptors (Lipinski definition) is 3. The molecule has 0 spiro atoms. The fourth-order valence-corrected chi connectivity index (χ4v) is 0.634. The van der Waals surface area contributed by atoms with Crippen molar-refractivity contribution in [2.45, 2.75) is 19.3 Å². The number of rotatable bonds is 5. The molecule has 0 saturated heterocycles. The van der Waals surface area contributed by atoms with Crippen molar-refractivity contribution >= 4 is 18.1 Å². The van der Waals surface area contributed by atoms with Crippen LogP contribution >= 0.6 is 0 Å². The van der Waals surface area contributed by atoms with E-state index in [2.05, 4.69) is 4.99 Å². The first-order chi connectivity index (χ1) is 4.85. The Morgan fingerprint density at radius 3 is 2.60 bits per heavy atom. The number of hydrogen-bond donors (Lipinski definition) is 2. The SMILES string of the molecule is CN=C(C=N)CCCC=N. The summed E-state index contributed by atoms with van der Waals surface area (Å²) < 4.78 is 0. The molecule has 0 unspecified atom stereocenters. The second-order valence-corrected chi connectivity index (χ2v) is 1.96. The lowest BCUT2D eigenvalue weighted by Gasteiger charge is -1.94. The van der Waals surface area contributed by atoms with Gasteiger partial charge in [0.2, 0.25) is 0 Å². The molecule has 0 saturated carbocycles. The van der Waals surface area contributed by atoms with E-state index in [4.69, 9.17) is 10.8 Å². The summed E-state index contributed by atoms with van der Waals surface area (Å²) in [5.74, 6) is 0. The molecule has 3 heteroatoms. The average Bonchev–Trinajstić information content (AvgIpc) is 1.99. The van der Waals surface area contributed by atoms with Crippen LogP contribution in [0.2, 0.25) is 0 Å². The van der Waals surface area contributed by atoms with Crippen LogP contribution in [0, 0.1) is 10.8 Å². The highest BCUT2D eigenvalue weighted by molar-refractivity contribution is 6.29. The van der Waals surface area contributed by atoms with E-state index >= 15 is 0 Å². The van der Waals surface area contributed by atoms with Crippen LogP contribution in [0.3, 0.4) is 0 Å². The van der Waals surface area contributed by atoms with Gasteiger partial charge in [0.1, 0.15) is 0 Å². The zero-order valence-electron chi connectivity index (χ0n) is 6.22. The van der Waals surface area contributed by atoms with Gasteiger partial charge in [-0.3, -0.25) is 4.99 Å². The van der Waals surface area contributed by atoms with Gasteiger partial charge in [0.25, 0.3) is 0 Å². The Bertz CT molecular complexity index is 138. The maximum atomic E-state index is 6.88. The lowest BCUT2D eigenvalue weighted by atomic mass is 10.2. The molecule has 10 heavy (non-hydrogen) atoms. The highest BCUT2D eigenvalue weighted by atomic mass is 14.7. The molecule has 0 aliphatic carbocycles. The quantitative estimate of drug-likeness (QED) is 0.428. The molecular weight excluding hydrogens is 126 g/mol. The van der Waals surface area contributed by atoms with Gasteiger partial charge in [-0.1, -0.05) is 0 Å². The summed E-state index contributed by atoms with van der Waals surface area (Å²) >= 11 is 0. The molecule has 0 aromatic heterocycles. The van der Waals surface area contributed by atoms with Gasteiger partial charge in [-0.2, -0.15) is 0 Å². The van der Waals surface area contributed by atoms with Crippen molar-refractivity contribution in [3.63, 3.8) is 0 Å². The molecule has 2 N–H and O–H groups in total. The van der Waals surface area contributed by atoms with Crippen LogP contribution in [0.4, 0.5) is 0 Å². The Morgan fingerprint density at radius 2 is 2.20 bits per heavy atom. The van der Waals surface area contributed by atoms with E-state index in [9.17, 15) is 0 Å². The molecule has 0 heterocycles. The van der Waals surface area contributed by atoms with Crippen LogP contribution in [0.1, 0.15) is 19.3 Å². The summed E-state index contributed by atoms with van der Waals surface area (Å²) in [6, 6.07) is 0. The summed E-state index contributed by atoms with van der Waals surface area (Å²) in [7, 11) is 1.69. The van der Waals surface area contributed by atoms with E-state index in [1.807, 2.05) is 0 Å². The fraction of sp³-hybridized carbons (Fsp3) is 0.571. The predicted octanol–water partition coefficient (Wildman–Crippen LogP) is 1.53. The molecule has 0 atom stereocenters. The van der Waals surface area contributed by atoms with Gasteiger partial charge in [-0.25, -0.2) is 0 Å². The first kappa shape index (κ1) is 9.01. The summed E-state index contributed by atoms with van der Waals surface area (Å²) in [4.78, 5) is 3.88. The highest BCUT2D eigenvalue weighted by Crippen LogP contribution is 1.93. The van der Waals surface area contributed by atoms with Gasteiger partial charge in [0.05, 0.1) is 5.71 Å². The Morgan fingerprint density at radius 1 is 1.50 bits per heavy atom. The van der Waals surface area contributed by atoms with Gasteiger partial charge in [-0.05, 0) is 25.5 Å². The van der Waals surface area contributed by atoms with Crippen molar-refractivity contribution in [2.75, 3.05) is 7.05 Å². The minimum atomic E-state index is 0.785. The minimum Gasteiger partial charge on any atom is -0.313 e. The number of nitrogens with one attached hydrogen (secondary N) is 2. The van der Waals surface area contributed by atoms with Crippen molar-refractivity contribution in [1.82, 2.24) is 0 Å². The van der Waals surface area contributed by atoms with Crippen LogP contribution < -0.4 is 0 Å². The van der Waals surface area contributed by atoms with Gasteiger partial charge in [0, 0.05) is 13.3 Å². The van der Waals surface area contributed by atoms with Crippen molar-refractivity contribution in [3.8, 4) is 0 Å². The summed E-state index contributed by atoms with van der Waals surface area (Å²) in [6.45, 7) is 0. The van der Waals surface area contributed by atoms with Crippen LogP contribution in [-0.4, -0.2) is 25.2 Å². The number of unbranched alkanes of at least 4 members (excludes halogenated alkanes) is 1. The van der Waals surface area contributed by atoms with Crippen LogP contribution in [0.25, 0.3) is 0 Å². The molecule has 0 aromatic rings. The van der Waals surface area contributed by atoms with Crippen LogP contribution in [0.5, 0.6) is 0 Å². The van der Waals surface area contributed by atoms with E-state index in [0.717, 1.165) is 25.0 Å². The first-order valence-electron chi connectivity index (χ1n) is 3.30. The van der Waals surface area contributed by atoms with Gasteiger partial charge < -0.3 is 10.8 Å². The Kier molecular flexibility index (Phi) is 5.53. The Labute approximate surface area is 61.2 Å². The van der Waals surface area contributed by atoms with Crippen LogP contribution in [0.15, 0.2) is 4.99 Å². The third-order valence-electron chi connectivity index (χ3n) is 1.24. The molecule has 0 amide bonds. The molecule has 0 radical (unpaired) electrons. The summed E-state index contributed by atoms with van der Waals surface area (Å²) in [5, 5.41) is 13.6. The third-order valence-corrected chi connectivity index (χ3v) is 1.24. The van der Waals surface area contributed by atoms with E-state index in [-0.39, 0.29) is 0 Å². The van der Waals surface area contributed by atoms with Gasteiger partial charge in [-0.15, -0.1) is 0 Å². The summed E-state index contributed by atoms with van der Waals surface area (Å²) in [5.41, 5.74) is 0.807. The molecule has 3 nitrogen and oxygen atoms in total. The van der Waals surface area contributed by atoms with Gasteiger partial charge in [0.15, 0.2) is 0 Å². The van der Waals surface area contributed by atoms with Crippen LogP contribution in [-0.2, 0) is 0 Å². The number of nitrogens with zero attached hydrogens (tertiary/aromatic N) is 1. The second kappa shape index (κ2) is 6.13. The fourth-order valence-electron chi connectivity index (χ4n) is 0.634. The molecule has 0 aliphatic rings. The first-order valence-corrected chi connectivity index (χ1v) is 3.30. The smallest absolute Gasteiger partial charge is 0.0520 e. The molecule has 0 fully saturated rings. The van der Waals surface area contributed by atoms with Crippen molar-refractivity contribution in [2.24, 2.45) is 4.99 Å². The van der Waals surface area contributed by atoms with Crippen molar-refractivity contribution < 1.29 is 0 Å². The lowest BCUT2D eigenvalue weighted by Crippen LogP contribution is -1.98. The maximum absolute atomic E-state index is 6.88. The zero-order valence-corrected chi connectivity index (χ0v) is 6.22. The van der Waals surface area contributed by atoms with Crippen molar-refractivity contribution in [3.05, 3.63) is 0 Å². The molecular formula is C7H13N3. The molecule has 0 rings (SSSR count). The molecule has 0 aromatic carbocycles. The van der Waals surface area contributed by atoms with E-state index in [1.54, 1.807) is 7.05 Å². The van der Waals surface area contributed by atoms with Crippen molar-refractivity contribution in [1.29, 1.82) is 10.8 Å². The zero-order chi connectivity index (χ0) is 7.82. The molecule has 0 bridgehead atoms. The standard InChI is InChI=1S/C7H13N3/c1-10-7(6-9)4-2-3-5-8/h5-6,8-9H,2-4H2,1H3. The molecule has 0 aliphatic heterocycles. The monoisotopic (exact) mass is 139 g/mol. The van der Waals surface area contributed by atoms with E-state index in [0.29, 0.717) is 0 Å². The second-order valence-electron chi connectivity index (χ2n) is 1.96. The minimum absolute atomic E-state index is 0.785. The Balaban J connectivity index is 3.45.